The number of benzene rings is 1. The molecule has 2 fully saturated rings. The number of pyridine rings is 1. The molecular formula is C23H25FN4O. The number of ether oxygens (including phenoxy) is 1. The maximum absolute atomic E-state index is 13.2. The molecule has 0 spiro atoms. The number of aromatic nitrogens is 3. The predicted molar refractivity (Wildman–Crippen MR) is 108 cm³/mol. The molecule has 1 aliphatic heterocycles. The Morgan fingerprint density at radius 3 is 2.52 bits per heavy atom. The van der Waals surface area contributed by atoms with E-state index in [2.05, 4.69) is 15.0 Å². The molecule has 0 bridgehead atoms. The third-order valence-electron chi connectivity index (χ3n) is 6.25. The van der Waals surface area contributed by atoms with Crippen molar-refractivity contribution in [2.75, 3.05) is 13.1 Å². The Bertz CT molecular complexity index is 916. The van der Waals surface area contributed by atoms with Gasteiger partial charge in [0.15, 0.2) is 0 Å². The molecule has 5 rings (SSSR count). The minimum Gasteiger partial charge on any atom is -0.472 e. The minimum atomic E-state index is -0.180. The molecule has 0 radical (unpaired) electrons. The van der Waals surface area contributed by atoms with Gasteiger partial charge in [-0.3, -0.25) is 9.58 Å². The third-order valence-corrected chi connectivity index (χ3v) is 6.25. The van der Waals surface area contributed by atoms with E-state index in [-0.39, 0.29) is 18.0 Å². The number of hydrogen-bond donors (Lipinski definition) is 0. The van der Waals surface area contributed by atoms with E-state index in [0.717, 1.165) is 38.0 Å². The Labute approximate surface area is 170 Å². The molecule has 5 nitrogen and oxygen atoms in total. The molecular weight excluding hydrogens is 367 g/mol. The summed E-state index contributed by atoms with van der Waals surface area (Å²) in [6.45, 7) is 2.98. The summed E-state index contributed by atoms with van der Waals surface area (Å²) in [5.41, 5.74) is 1.16. The second kappa shape index (κ2) is 7.95. The largest absolute Gasteiger partial charge is 0.472 e. The van der Waals surface area contributed by atoms with E-state index >= 15 is 0 Å². The van der Waals surface area contributed by atoms with Gasteiger partial charge in [-0.25, -0.2) is 9.37 Å². The van der Waals surface area contributed by atoms with Gasteiger partial charge in [-0.1, -0.05) is 18.2 Å². The first kappa shape index (κ1) is 18.3. The highest BCUT2D eigenvalue weighted by Gasteiger charge is 2.44. The van der Waals surface area contributed by atoms with Crippen molar-refractivity contribution in [3.8, 4) is 5.88 Å². The lowest BCUT2D eigenvalue weighted by Gasteiger charge is -2.37. The van der Waals surface area contributed by atoms with Crippen LogP contribution in [0.5, 0.6) is 5.88 Å². The average molecular weight is 392 g/mol. The summed E-state index contributed by atoms with van der Waals surface area (Å²) >= 11 is 0. The fourth-order valence-corrected chi connectivity index (χ4v) is 4.92. The fourth-order valence-electron chi connectivity index (χ4n) is 4.92. The number of halogens is 1. The van der Waals surface area contributed by atoms with E-state index in [9.17, 15) is 4.39 Å². The van der Waals surface area contributed by atoms with E-state index < -0.39 is 0 Å². The molecule has 1 saturated heterocycles. The van der Waals surface area contributed by atoms with Crippen LogP contribution in [0, 0.1) is 17.7 Å². The molecule has 4 atom stereocenters. The molecule has 150 valence electrons. The summed E-state index contributed by atoms with van der Waals surface area (Å²) < 4.78 is 21.6. The summed E-state index contributed by atoms with van der Waals surface area (Å²) in [4.78, 5) is 6.85. The van der Waals surface area contributed by atoms with Gasteiger partial charge in [0.1, 0.15) is 11.9 Å². The first-order chi connectivity index (χ1) is 14.2. The summed E-state index contributed by atoms with van der Waals surface area (Å²) in [6.07, 6.45) is 7.72. The van der Waals surface area contributed by atoms with E-state index in [1.807, 2.05) is 53.5 Å². The Balaban J connectivity index is 1.31. The molecule has 29 heavy (non-hydrogen) atoms. The van der Waals surface area contributed by atoms with Crippen molar-refractivity contribution < 1.29 is 9.13 Å². The molecule has 1 aromatic carbocycles. The third kappa shape index (κ3) is 4.03. The number of rotatable bonds is 5. The molecule has 6 heteroatoms. The zero-order valence-corrected chi connectivity index (χ0v) is 16.3. The maximum Gasteiger partial charge on any atom is 0.213 e. The lowest BCUT2D eigenvalue weighted by molar-refractivity contribution is 0.0459. The Morgan fingerprint density at radius 1 is 0.966 bits per heavy atom. The lowest BCUT2D eigenvalue weighted by Crippen LogP contribution is -2.40. The van der Waals surface area contributed by atoms with Crippen molar-refractivity contribution >= 4 is 0 Å². The van der Waals surface area contributed by atoms with Gasteiger partial charge < -0.3 is 4.74 Å². The number of fused-ring (bicyclic) bond motifs is 1. The zero-order valence-electron chi connectivity index (χ0n) is 16.3. The minimum absolute atomic E-state index is 0.0526. The van der Waals surface area contributed by atoms with Gasteiger partial charge in [0.25, 0.3) is 0 Å². The maximum atomic E-state index is 13.2. The van der Waals surface area contributed by atoms with Crippen molar-refractivity contribution in [1.82, 2.24) is 19.7 Å². The van der Waals surface area contributed by atoms with Crippen LogP contribution in [-0.2, 0) is 6.54 Å². The Morgan fingerprint density at radius 2 is 1.79 bits per heavy atom. The lowest BCUT2D eigenvalue weighted by atomic mass is 9.77. The van der Waals surface area contributed by atoms with E-state index in [1.54, 1.807) is 18.3 Å². The van der Waals surface area contributed by atoms with Crippen molar-refractivity contribution in [1.29, 1.82) is 0 Å². The fraction of sp³-hybridized carbons (Fsp3) is 0.391. The van der Waals surface area contributed by atoms with Crippen LogP contribution in [-0.4, -0.2) is 38.9 Å². The highest BCUT2D eigenvalue weighted by Crippen LogP contribution is 2.42. The average Bonchev–Trinajstić information content (AvgIpc) is 3.39. The van der Waals surface area contributed by atoms with Crippen LogP contribution < -0.4 is 4.74 Å². The topological polar surface area (TPSA) is 43.2 Å². The van der Waals surface area contributed by atoms with Crippen LogP contribution in [0.25, 0.3) is 0 Å². The summed E-state index contributed by atoms with van der Waals surface area (Å²) in [5.74, 6) is 1.71. The molecule has 0 amide bonds. The SMILES string of the molecule is Fc1ccc(CN2C[C@H]3C[C@H](Oc4ccccn4)[C@@H](n4cccn4)C[C@H]3C2)cc1. The normalized spacial score (nSPS) is 26.9. The monoisotopic (exact) mass is 392 g/mol. The Hall–Kier alpha value is -2.73. The molecule has 0 N–H and O–H groups in total. The smallest absolute Gasteiger partial charge is 0.213 e. The van der Waals surface area contributed by atoms with E-state index in [0.29, 0.717) is 17.7 Å². The van der Waals surface area contributed by atoms with Crippen LogP contribution in [0.1, 0.15) is 24.4 Å². The number of nitrogens with zero attached hydrogens (tertiary/aromatic N) is 4. The summed E-state index contributed by atoms with van der Waals surface area (Å²) in [6, 6.07) is 14.8. The van der Waals surface area contributed by atoms with Crippen LogP contribution >= 0.6 is 0 Å². The van der Waals surface area contributed by atoms with Gasteiger partial charge in [0, 0.05) is 44.3 Å². The van der Waals surface area contributed by atoms with Crippen LogP contribution in [0.3, 0.4) is 0 Å². The number of hydrogen-bond acceptors (Lipinski definition) is 4. The van der Waals surface area contributed by atoms with Crippen LogP contribution in [0.15, 0.2) is 67.1 Å². The van der Waals surface area contributed by atoms with Gasteiger partial charge in [0.05, 0.1) is 6.04 Å². The van der Waals surface area contributed by atoms with Crippen molar-refractivity contribution in [3.63, 3.8) is 0 Å². The molecule has 2 aliphatic rings. The van der Waals surface area contributed by atoms with Gasteiger partial charge in [-0.15, -0.1) is 0 Å². The second-order valence-corrected chi connectivity index (χ2v) is 8.19. The first-order valence-electron chi connectivity index (χ1n) is 10.3. The molecule has 0 unspecified atom stereocenters. The summed E-state index contributed by atoms with van der Waals surface area (Å²) in [7, 11) is 0. The number of likely N-dealkylation sites (tertiary alicyclic amines) is 1. The van der Waals surface area contributed by atoms with Crippen molar-refractivity contribution in [2.45, 2.75) is 31.5 Å². The molecule has 1 saturated carbocycles. The highest BCUT2D eigenvalue weighted by molar-refractivity contribution is 5.16. The first-order valence-corrected chi connectivity index (χ1v) is 10.3. The quantitative estimate of drug-likeness (QED) is 0.660. The van der Waals surface area contributed by atoms with Gasteiger partial charge in [0.2, 0.25) is 5.88 Å². The van der Waals surface area contributed by atoms with Crippen molar-refractivity contribution in [3.05, 3.63) is 78.5 Å². The summed E-state index contributed by atoms with van der Waals surface area (Å²) in [5, 5.41) is 4.51. The standard InChI is InChI=1S/C23H25FN4O/c24-20-7-5-17(6-8-20)14-27-15-18-12-21(28-11-3-10-26-28)22(13-19(18)16-27)29-23-4-1-2-9-25-23/h1-11,18-19,21-22H,12-16H2/t18-,19+,21-,22-/m0/s1. The predicted octanol–water partition coefficient (Wildman–Crippen LogP) is 3.95. The molecule has 3 aromatic rings. The second-order valence-electron chi connectivity index (χ2n) is 8.19. The van der Waals surface area contributed by atoms with Gasteiger partial charge in [-0.05, 0) is 54.5 Å². The van der Waals surface area contributed by atoms with Crippen LogP contribution in [0.4, 0.5) is 4.39 Å². The molecule has 1 aliphatic carbocycles. The van der Waals surface area contributed by atoms with Gasteiger partial charge >= 0.3 is 0 Å². The highest BCUT2D eigenvalue weighted by atomic mass is 19.1. The van der Waals surface area contributed by atoms with Crippen molar-refractivity contribution in [2.24, 2.45) is 11.8 Å². The molecule has 3 heterocycles. The molecule has 2 aromatic heterocycles. The van der Waals surface area contributed by atoms with Crippen LogP contribution in [0.2, 0.25) is 0 Å². The van der Waals surface area contributed by atoms with E-state index in [1.165, 1.54) is 0 Å². The van der Waals surface area contributed by atoms with E-state index in [4.69, 9.17) is 4.74 Å². The zero-order chi connectivity index (χ0) is 19.6. The van der Waals surface area contributed by atoms with Gasteiger partial charge in [-0.2, -0.15) is 5.10 Å². The Kier molecular flexibility index (Phi) is 5.02.